The van der Waals surface area contributed by atoms with E-state index in [-0.39, 0.29) is 24.4 Å². The fraction of sp³-hybridized carbons (Fsp3) is 0.591. The number of nitrogens with zero attached hydrogens (tertiary/aromatic N) is 4. The van der Waals surface area contributed by atoms with Gasteiger partial charge in [-0.15, -0.1) is 0 Å². The number of carbonyl (C=O) groups is 2. The van der Waals surface area contributed by atoms with E-state index in [1.165, 1.54) is 5.56 Å². The van der Waals surface area contributed by atoms with Gasteiger partial charge < -0.3 is 20.4 Å². The molecule has 8 heteroatoms. The van der Waals surface area contributed by atoms with Crippen LogP contribution in [-0.4, -0.2) is 98.4 Å². The van der Waals surface area contributed by atoms with Gasteiger partial charge in [-0.25, -0.2) is 4.99 Å². The summed E-state index contributed by atoms with van der Waals surface area (Å²) in [6, 6.07) is 10.5. The maximum Gasteiger partial charge on any atom is 0.243 e. The minimum absolute atomic E-state index is 0.0265. The van der Waals surface area contributed by atoms with Crippen LogP contribution < -0.4 is 10.6 Å². The average molecular weight is 417 g/mol. The SMILES string of the molecule is CC(C)NC(=O)CN1CCN(C(=NCC(=O)N(C)C)NCCc2ccccc2)CC1. The quantitative estimate of drug-likeness (QED) is 0.474. The predicted octanol–water partition coefficient (Wildman–Crippen LogP) is 0.405. The molecule has 1 aliphatic rings. The molecule has 0 unspecified atom stereocenters. The van der Waals surface area contributed by atoms with Gasteiger partial charge in [0, 0.05) is 52.9 Å². The summed E-state index contributed by atoms with van der Waals surface area (Å²) in [5.41, 5.74) is 1.26. The zero-order valence-electron chi connectivity index (χ0n) is 18.7. The Morgan fingerprint density at radius 1 is 1.10 bits per heavy atom. The summed E-state index contributed by atoms with van der Waals surface area (Å²) in [6.07, 6.45) is 0.886. The van der Waals surface area contributed by atoms with Gasteiger partial charge in [0.15, 0.2) is 5.96 Å². The molecule has 0 saturated carbocycles. The molecule has 1 aromatic carbocycles. The number of carbonyl (C=O) groups excluding carboxylic acids is 2. The highest BCUT2D eigenvalue weighted by molar-refractivity contribution is 5.85. The second-order valence-electron chi connectivity index (χ2n) is 8.08. The molecule has 0 aliphatic carbocycles. The van der Waals surface area contributed by atoms with Gasteiger partial charge in [0.05, 0.1) is 6.54 Å². The van der Waals surface area contributed by atoms with Crippen LogP contribution in [0, 0.1) is 0 Å². The maximum atomic E-state index is 12.0. The molecular formula is C22H36N6O2. The number of benzene rings is 1. The number of rotatable bonds is 8. The molecular weight excluding hydrogens is 380 g/mol. The molecule has 1 fully saturated rings. The largest absolute Gasteiger partial charge is 0.356 e. The molecule has 0 aromatic heterocycles. The summed E-state index contributed by atoms with van der Waals surface area (Å²) in [7, 11) is 3.47. The topological polar surface area (TPSA) is 80.3 Å². The second kappa shape index (κ2) is 12.2. The summed E-state index contributed by atoms with van der Waals surface area (Å²) in [5.74, 6) is 0.790. The monoisotopic (exact) mass is 416 g/mol. The van der Waals surface area contributed by atoms with E-state index in [1.54, 1.807) is 19.0 Å². The van der Waals surface area contributed by atoms with E-state index in [1.807, 2.05) is 32.0 Å². The first-order chi connectivity index (χ1) is 14.3. The Kier molecular flexibility index (Phi) is 9.60. The van der Waals surface area contributed by atoms with Gasteiger partial charge in [0.25, 0.3) is 0 Å². The molecule has 1 heterocycles. The van der Waals surface area contributed by atoms with Crippen LogP contribution in [0.4, 0.5) is 0 Å². The smallest absolute Gasteiger partial charge is 0.243 e. The molecule has 166 valence electrons. The fourth-order valence-electron chi connectivity index (χ4n) is 3.20. The van der Waals surface area contributed by atoms with Crippen molar-refractivity contribution >= 4 is 17.8 Å². The molecule has 1 saturated heterocycles. The van der Waals surface area contributed by atoms with Crippen LogP contribution in [0.5, 0.6) is 0 Å². The average Bonchev–Trinajstić information content (AvgIpc) is 2.71. The molecule has 2 N–H and O–H groups in total. The minimum Gasteiger partial charge on any atom is -0.356 e. The summed E-state index contributed by atoms with van der Waals surface area (Å²) in [6.45, 7) is 8.32. The van der Waals surface area contributed by atoms with Crippen molar-refractivity contribution < 1.29 is 9.59 Å². The van der Waals surface area contributed by atoms with Crippen molar-refractivity contribution in [1.82, 2.24) is 25.3 Å². The minimum atomic E-state index is -0.0265. The second-order valence-corrected chi connectivity index (χ2v) is 8.08. The van der Waals surface area contributed by atoms with Crippen LogP contribution in [0.25, 0.3) is 0 Å². The Morgan fingerprint density at radius 2 is 1.77 bits per heavy atom. The summed E-state index contributed by atoms with van der Waals surface area (Å²) in [5, 5.41) is 6.36. The molecule has 2 amide bonds. The Balaban J connectivity index is 1.91. The van der Waals surface area contributed by atoms with E-state index >= 15 is 0 Å². The first-order valence-electron chi connectivity index (χ1n) is 10.6. The van der Waals surface area contributed by atoms with Crippen molar-refractivity contribution in [3.05, 3.63) is 35.9 Å². The third-order valence-corrected chi connectivity index (χ3v) is 4.89. The van der Waals surface area contributed by atoms with Crippen molar-refractivity contribution in [2.45, 2.75) is 26.3 Å². The third-order valence-electron chi connectivity index (χ3n) is 4.89. The van der Waals surface area contributed by atoms with E-state index < -0.39 is 0 Å². The highest BCUT2D eigenvalue weighted by Gasteiger charge is 2.21. The van der Waals surface area contributed by atoms with Crippen LogP contribution in [0.1, 0.15) is 19.4 Å². The molecule has 0 spiro atoms. The number of hydrogen-bond acceptors (Lipinski definition) is 4. The molecule has 0 atom stereocenters. The molecule has 30 heavy (non-hydrogen) atoms. The van der Waals surface area contributed by atoms with Crippen LogP contribution in [0.3, 0.4) is 0 Å². The van der Waals surface area contributed by atoms with Crippen molar-refractivity contribution in [2.24, 2.45) is 4.99 Å². The number of aliphatic imine (C=N–C) groups is 1. The molecule has 0 bridgehead atoms. The lowest BCUT2D eigenvalue weighted by molar-refractivity contribution is -0.127. The molecule has 1 aromatic rings. The summed E-state index contributed by atoms with van der Waals surface area (Å²) < 4.78 is 0. The van der Waals surface area contributed by atoms with Gasteiger partial charge in [-0.05, 0) is 25.8 Å². The van der Waals surface area contributed by atoms with Crippen molar-refractivity contribution in [1.29, 1.82) is 0 Å². The first kappa shape index (κ1) is 23.7. The number of likely N-dealkylation sites (N-methyl/N-ethyl adjacent to an activating group) is 1. The number of piperazine rings is 1. The molecule has 1 aliphatic heterocycles. The lowest BCUT2D eigenvalue weighted by Crippen LogP contribution is -2.54. The van der Waals surface area contributed by atoms with Crippen molar-refractivity contribution in [3.63, 3.8) is 0 Å². The van der Waals surface area contributed by atoms with E-state index in [4.69, 9.17) is 0 Å². The van der Waals surface area contributed by atoms with Crippen molar-refractivity contribution in [3.8, 4) is 0 Å². The molecule has 2 rings (SSSR count). The number of nitrogens with one attached hydrogen (secondary N) is 2. The Hall–Kier alpha value is -2.61. The number of guanidine groups is 1. The van der Waals surface area contributed by atoms with Gasteiger partial charge in [0.2, 0.25) is 11.8 Å². The normalized spacial score (nSPS) is 15.2. The Bertz CT molecular complexity index is 697. The van der Waals surface area contributed by atoms with Gasteiger partial charge in [-0.2, -0.15) is 0 Å². The highest BCUT2D eigenvalue weighted by Crippen LogP contribution is 2.04. The van der Waals surface area contributed by atoms with E-state index in [9.17, 15) is 9.59 Å². The summed E-state index contributed by atoms with van der Waals surface area (Å²) in [4.78, 5) is 34.5. The van der Waals surface area contributed by atoms with Crippen molar-refractivity contribution in [2.75, 3.05) is 59.9 Å². The van der Waals surface area contributed by atoms with Crippen LogP contribution in [-0.2, 0) is 16.0 Å². The lowest BCUT2D eigenvalue weighted by Gasteiger charge is -2.36. The predicted molar refractivity (Wildman–Crippen MR) is 120 cm³/mol. The van der Waals surface area contributed by atoms with Crippen LogP contribution in [0.15, 0.2) is 35.3 Å². The van der Waals surface area contributed by atoms with Gasteiger partial charge in [-0.1, -0.05) is 30.3 Å². The highest BCUT2D eigenvalue weighted by atomic mass is 16.2. The lowest BCUT2D eigenvalue weighted by atomic mass is 10.1. The van der Waals surface area contributed by atoms with E-state index in [2.05, 4.69) is 37.6 Å². The van der Waals surface area contributed by atoms with Gasteiger partial charge >= 0.3 is 0 Å². The zero-order chi connectivity index (χ0) is 21.9. The molecule has 0 radical (unpaired) electrons. The van der Waals surface area contributed by atoms with Crippen LogP contribution in [0.2, 0.25) is 0 Å². The Morgan fingerprint density at radius 3 is 2.37 bits per heavy atom. The Labute approximate surface area is 180 Å². The fourth-order valence-corrected chi connectivity index (χ4v) is 3.20. The van der Waals surface area contributed by atoms with Gasteiger partial charge in [-0.3, -0.25) is 14.5 Å². The van der Waals surface area contributed by atoms with Gasteiger partial charge in [0.1, 0.15) is 6.54 Å². The maximum absolute atomic E-state index is 12.0. The summed E-state index contributed by atoms with van der Waals surface area (Å²) >= 11 is 0. The zero-order valence-corrected chi connectivity index (χ0v) is 18.7. The van der Waals surface area contributed by atoms with Crippen LogP contribution >= 0.6 is 0 Å². The van der Waals surface area contributed by atoms with E-state index in [0.29, 0.717) is 6.54 Å². The number of amides is 2. The van der Waals surface area contributed by atoms with E-state index in [0.717, 1.165) is 45.1 Å². The number of hydrogen-bond donors (Lipinski definition) is 2. The molecule has 8 nitrogen and oxygen atoms in total. The first-order valence-corrected chi connectivity index (χ1v) is 10.6. The third kappa shape index (κ3) is 8.41. The standard InChI is InChI=1S/C22H36N6O2/c1-18(2)25-20(29)17-27-12-14-28(15-13-27)22(24-16-21(30)26(3)4)23-11-10-19-8-6-5-7-9-19/h5-9,18H,10-17H2,1-4H3,(H,23,24)(H,25,29).